The number of likely N-dealkylation sites (tertiary alicyclic amines) is 1. The quantitative estimate of drug-likeness (QED) is 0.324. The molecule has 0 radical (unpaired) electrons. The van der Waals surface area contributed by atoms with Crippen LogP contribution < -0.4 is 9.64 Å². The third kappa shape index (κ3) is 5.29. The molecule has 0 bridgehead atoms. The monoisotopic (exact) mass is 593 g/mol. The highest BCUT2D eigenvalue weighted by molar-refractivity contribution is 6.04. The van der Waals surface area contributed by atoms with Crippen molar-refractivity contribution in [1.29, 1.82) is 0 Å². The van der Waals surface area contributed by atoms with Gasteiger partial charge in [0.2, 0.25) is 17.7 Å². The molecule has 4 aliphatic rings. The van der Waals surface area contributed by atoms with Gasteiger partial charge in [0, 0.05) is 37.5 Å². The summed E-state index contributed by atoms with van der Waals surface area (Å²) < 4.78 is 12.7. The number of ether oxygens (including phenoxy) is 2. The van der Waals surface area contributed by atoms with Crippen molar-refractivity contribution in [2.75, 3.05) is 37.7 Å². The number of aliphatic hydroxyl groups is 1. The number of rotatable bonds is 10. The topological polar surface area (TPSA) is 99.6 Å². The summed E-state index contributed by atoms with van der Waals surface area (Å²) >= 11 is 0. The molecule has 1 N–H and O–H groups in total. The van der Waals surface area contributed by atoms with Gasteiger partial charge in [0.25, 0.3) is 0 Å². The first-order valence-electron chi connectivity index (χ1n) is 15.9. The summed E-state index contributed by atoms with van der Waals surface area (Å²) in [4.78, 5) is 49.0. The second kappa shape index (κ2) is 12.1. The highest BCUT2D eigenvalue weighted by Gasteiger charge is 2.75. The van der Waals surface area contributed by atoms with Crippen molar-refractivity contribution in [2.45, 2.75) is 89.5 Å². The molecule has 4 aliphatic heterocycles. The van der Waals surface area contributed by atoms with Crippen LogP contribution in [0, 0.1) is 11.8 Å². The molecule has 0 aromatic heterocycles. The summed E-state index contributed by atoms with van der Waals surface area (Å²) in [6.07, 6.45) is 11.4. The van der Waals surface area contributed by atoms with Gasteiger partial charge in [0.15, 0.2) is 0 Å². The predicted molar refractivity (Wildman–Crippen MR) is 165 cm³/mol. The fraction of sp³-hybridized carbons (Fsp3) is 0.618. The van der Waals surface area contributed by atoms with E-state index in [2.05, 4.69) is 0 Å². The highest BCUT2D eigenvalue weighted by Crippen LogP contribution is 2.59. The minimum absolute atomic E-state index is 0.134. The van der Waals surface area contributed by atoms with Gasteiger partial charge < -0.3 is 29.3 Å². The fourth-order valence-corrected chi connectivity index (χ4v) is 7.47. The Morgan fingerprint density at radius 1 is 0.907 bits per heavy atom. The average Bonchev–Trinajstić information content (AvgIpc) is 3.25. The molecule has 2 fully saturated rings. The standard InChI is InChI=1S/C34H47N3O6/c1-6-33-18-12-21-35(24-14-16-25(17-15-24)42-7-2)29(39)26(33)27-30(40)36(20-10-8-9-11-23-38)28-31(41)37(32(3,4)5)22-13-19-34(27,28)43-33/h12-19,26-28,38H,6-11,20-23H2,1-5H3/t26-,27+,28?,33+,34+/m1/s1. The molecule has 1 aromatic carbocycles. The Morgan fingerprint density at radius 3 is 2.26 bits per heavy atom. The Hall–Kier alpha value is -3.17. The largest absolute Gasteiger partial charge is 0.494 e. The van der Waals surface area contributed by atoms with E-state index >= 15 is 0 Å². The Morgan fingerprint density at radius 2 is 1.60 bits per heavy atom. The van der Waals surface area contributed by atoms with Crippen LogP contribution in [0.25, 0.3) is 0 Å². The van der Waals surface area contributed by atoms with Crippen LogP contribution in [0.15, 0.2) is 48.6 Å². The molecule has 5 rings (SSSR count). The van der Waals surface area contributed by atoms with Crippen LogP contribution in [0.5, 0.6) is 5.75 Å². The van der Waals surface area contributed by atoms with Crippen molar-refractivity contribution in [3.05, 3.63) is 48.6 Å². The zero-order chi connectivity index (χ0) is 31.0. The number of anilines is 1. The summed E-state index contributed by atoms with van der Waals surface area (Å²) in [5.41, 5.74) is -2.03. The van der Waals surface area contributed by atoms with Crippen molar-refractivity contribution in [2.24, 2.45) is 11.8 Å². The van der Waals surface area contributed by atoms with Crippen LogP contribution in [0.2, 0.25) is 0 Å². The molecule has 1 unspecified atom stereocenters. The number of amides is 3. The van der Waals surface area contributed by atoms with E-state index in [4.69, 9.17) is 9.47 Å². The molecule has 43 heavy (non-hydrogen) atoms. The molecule has 5 atom stereocenters. The van der Waals surface area contributed by atoms with Gasteiger partial charge in [0.1, 0.15) is 17.4 Å². The summed E-state index contributed by atoms with van der Waals surface area (Å²) in [6, 6.07) is 6.58. The molecule has 0 aliphatic carbocycles. The molecular formula is C34H47N3O6. The third-order valence-corrected chi connectivity index (χ3v) is 9.52. The summed E-state index contributed by atoms with van der Waals surface area (Å²) in [6.45, 7) is 11.7. The van der Waals surface area contributed by atoms with Crippen LogP contribution in [0.3, 0.4) is 0 Å². The minimum atomic E-state index is -1.26. The Balaban J connectivity index is 1.57. The predicted octanol–water partition coefficient (Wildman–Crippen LogP) is 4.10. The third-order valence-electron chi connectivity index (χ3n) is 9.52. The zero-order valence-corrected chi connectivity index (χ0v) is 26.3. The molecule has 2 saturated heterocycles. The number of nitrogens with zero attached hydrogens (tertiary/aromatic N) is 3. The Labute approximate surface area is 255 Å². The molecule has 0 saturated carbocycles. The van der Waals surface area contributed by atoms with Gasteiger partial charge in [-0.2, -0.15) is 0 Å². The van der Waals surface area contributed by atoms with E-state index < -0.39 is 34.6 Å². The lowest BCUT2D eigenvalue weighted by Gasteiger charge is -2.41. The Kier molecular flexibility index (Phi) is 8.78. The number of benzene rings is 1. The lowest BCUT2D eigenvalue weighted by atomic mass is 9.73. The van der Waals surface area contributed by atoms with Crippen LogP contribution in [0.4, 0.5) is 5.69 Å². The molecule has 1 aromatic rings. The first-order chi connectivity index (χ1) is 20.5. The van der Waals surface area contributed by atoms with Gasteiger partial charge in [-0.15, -0.1) is 0 Å². The van der Waals surface area contributed by atoms with Gasteiger partial charge in [0.05, 0.1) is 24.0 Å². The van der Waals surface area contributed by atoms with Gasteiger partial charge in [-0.3, -0.25) is 14.4 Å². The van der Waals surface area contributed by atoms with E-state index in [-0.39, 0.29) is 24.3 Å². The van der Waals surface area contributed by atoms with E-state index in [9.17, 15) is 19.5 Å². The lowest BCUT2D eigenvalue weighted by Crippen LogP contribution is -2.59. The summed E-state index contributed by atoms with van der Waals surface area (Å²) in [7, 11) is 0. The molecule has 1 spiro atoms. The van der Waals surface area contributed by atoms with Gasteiger partial charge in [-0.05, 0) is 71.2 Å². The molecule has 234 valence electrons. The molecule has 9 heteroatoms. The van der Waals surface area contributed by atoms with E-state index in [0.29, 0.717) is 45.5 Å². The van der Waals surface area contributed by atoms with Crippen LogP contribution in [-0.4, -0.2) is 88.3 Å². The van der Waals surface area contributed by atoms with Crippen molar-refractivity contribution in [1.82, 2.24) is 9.80 Å². The molecule has 9 nitrogen and oxygen atoms in total. The summed E-state index contributed by atoms with van der Waals surface area (Å²) in [5.74, 6) is -1.43. The normalized spacial score (nSPS) is 30.3. The molecule has 3 amide bonds. The van der Waals surface area contributed by atoms with Gasteiger partial charge >= 0.3 is 0 Å². The minimum Gasteiger partial charge on any atom is -0.494 e. The van der Waals surface area contributed by atoms with Crippen LogP contribution in [-0.2, 0) is 19.1 Å². The fourth-order valence-electron chi connectivity index (χ4n) is 7.47. The first-order valence-corrected chi connectivity index (χ1v) is 15.9. The second-order valence-electron chi connectivity index (χ2n) is 13.1. The van der Waals surface area contributed by atoms with Gasteiger partial charge in [-0.25, -0.2) is 0 Å². The van der Waals surface area contributed by atoms with E-state index in [1.54, 1.807) is 9.80 Å². The first kappa shape index (κ1) is 31.3. The molecular weight excluding hydrogens is 546 g/mol. The van der Waals surface area contributed by atoms with Crippen molar-refractivity contribution in [3.63, 3.8) is 0 Å². The number of hydrogen-bond acceptors (Lipinski definition) is 6. The number of carbonyl (C=O) groups excluding carboxylic acids is 3. The number of unbranched alkanes of at least 4 members (excludes halogenated alkanes) is 3. The van der Waals surface area contributed by atoms with E-state index in [1.807, 2.05) is 88.1 Å². The SMILES string of the molecule is CCOc1ccc(N2CC=C[C@]3(CC)O[C@]45C=CCN(C(C)(C)C)C(=O)C4N(CCCCCCO)C(=O)[C@@H]5[C@@H]3C2=O)cc1. The van der Waals surface area contributed by atoms with Crippen molar-refractivity contribution < 1.29 is 29.0 Å². The average molecular weight is 594 g/mol. The number of hydrogen-bond donors (Lipinski definition) is 1. The summed E-state index contributed by atoms with van der Waals surface area (Å²) in [5, 5.41) is 9.21. The number of aliphatic hydroxyl groups excluding tert-OH is 1. The second-order valence-corrected chi connectivity index (χ2v) is 13.1. The van der Waals surface area contributed by atoms with Crippen molar-refractivity contribution >= 4 is 23.4 Å². The highest BCUT2D eigenvalue weighted by atomic mass is 16.5. The maximum Gasteiger partial charge on any atom is 0.249 e. The van der Waals surface area contributed by atoms with Crippen LogP contribution >= 0.6 is 0 Å². The lowest BCUT2D eigenvalue weighted by molar-refractivity contribution is -0.155. The number of carbonyl (C=O) groups is 3. The number of fused-ring (bicyclic) bond motifs is 2. The van der Waals surface area contributed by atoms with Gasteiger partial charge in [-0.1, -0.05) is 44.1 Å². The van der Waals surface area contributed by atoms with Crippen molar-refractivity contribution in [3.8, 4) is 5.75 Å². The maximum absolute atomic E-state index is 14.7. The Bertz CT molecular complexity index is 1270. The smallest absolute Gasteiger partial charge is 0.249 e. The molecule has 4 heterocycles. The van der Waals surface area contributed by atoms with Crippen LogP contribution in [0.1, 0.15) is 66.7 Å². The zero-order valence-electron chi connectivity index (χ0n) is 26.3. The van der Waals surface area contributed by atoms with E-state index in [1.165, 1.54) is 0 Å². The maximum atomic E-state index is 14.7. The van der Waals surface area contributed by atoms with E-state index in [0.717, 1.165) is 24.3 Å².